The van der Waals surface area contributed by atoms with Gasteiger partial charge in [0.15, 0.2) is 0 Å². The Morgan fingerprint density at radius 2 is 1.62 bits per heavy atom. The van der Waals surface area contributed by atoms with Crippen molar-refractivity contribution in [2.45, 2.75) is 11.1 Å². The molecule has 0 aliphatic carbocycles. The number of hydrogen-bond donors (Lipinski definition) is 2. The number of rotatable bonds is 3. The monoisotopic (exact) mass is 316 g/mol. The van der Waals surface area contributed by atoms with Gasteiger partial charge in [0, 0.05) is 5.69 Å². The summed E-state index contributed by atoms with van der Waals surface area (Å²) in [5.41, 5.74) is 3.51. The lowest BCUT2D eigenvalue weighted by atomic mass is 10.1. The molecule has 0 aliphatic heterocycles. The van der Waals surface area contributed by atoms with Crippen LogP contribution in [-0.4, -0.2) is 8.42 Å². The molecule has 0 aliphatic rings. The molecule has 2 aromatic carbocycles. The fourth-order valence-electron chi connectivity index (χ4n) is 1.69. The second kappa shape index (κ2) is 5.28. The van der Waals surface area contributed by atoms with Crippen LogP contribution in [0.3, 0.4) is 0 Å². The minimum atomic E-state index is -4.72. The molecular weight excluding hydrogens is 305 g/mol. The van der Waals surface area contributed by atoms with Gasteiger partial charge in [-0.15, -0.1) is 0 Å². The van der Waals surface area contributed by atoms with Gasteiger partial charge in [0.25, 0.3) is 10.0 Å². The van der Waals surface area contributed by atoms with Gasteiger partial charge in [0.1, 0.15) is 0 Å². The second-order valence-electron chi connectivity index (χ2n) is 4.22. The summed E-state index contributed by atoms with van der Waals surface area (Å²) in [4.78, 5) is -0.130. The molecule has 2 rings (SSSR count). The molecule has 0 spiro atoms. The summed E-state index contributed by atoms with van der Waals surface area (Å²) in [7, 11) is -4.10. The maximum absolute atomic E-state index is 12.9. The number of anilines is 2. The Labute approximate surface area is 119 Å². The van der Waals surface area contributed by atoms with Gasteiger partial charge in [-0.05, 0) is 30.3 Å². The van der Waals surface area contributed by atoms with E-state index in [0.29, 0.717) is 6.07 Å². The molecule has 4 nitrogen and oxygen atoms in total. The number of nitrogens with two attached hydrogens (primary N) is 1. The van der Waals surface area contributed by atoms with Crippen LogP contribution >= 0.6 is 0 Å². The molecule has 0 aromatic heterocycles. The number of halogens is 3. The summed E-state index contributed by atoms with van der Waals surface area (Å²) in [6, 6.07) is 9.98. The molecule has 0 unspecified atom stereocenters. The summed E-state index contributed by atoms with van der Waals surface area (Å²) in [5.74, 6) is 0. The third-order valence-corrected chi connectivity index (χ3v) is 4.03. The summed E-state index contributed by atoms with van der Waals surface area (Å²) >= 11 is 0. The third-order valence-electron chi connectivity index (χ3n) is 2.65. The predicted octanol–water partition coefficient (Wildman–Crippen LogP) is 3.09. The van der Waals surface area contributed by atoms with Crippen molar-refractivity contribution >= 4 is 21.4 Å². The minimum absolute atomic E-state index is 0.106. The third kappa shape index (κ3) is 3.46. The largest absolute Gasteiger partial charge is 0.418 e. The van der Waals surface area contributed by atoms with E-state index in [1.807, 2.05) is 4.72 Å². The molecule has 0 saturated carbocycles. The summed E-state index contributed by atoms with van der Waals surface area (Å²) in [6.07, 6.45) is -4.72. The second-order valence-corrected chi connectivity index (χ2v) is 5.90. The van der Waals surface area contributed by atoms with Crippen molar-refractivity contribution in [1.82, 2.24) is 0 Å². The van der Waals surface area contributed by atoms with Gasteiger partial charge in [0.05, 0.1) is 16.1 Å². The number of alkyl halides is 3. The maximum atomic E-state index is 12.9. The molecule has 2 aromatic rings. The van der Waals surface area contributed by atoms with Crippen LogP contribution in [0.25, 0.3) is 0 Å². The molecule has 0 radical (unpaired) electrons. The van der Waals surface area contributed by atoms with E-state index in [2.05, 4.69) is 0 Å². The number of hydrogen-bond acceptors (Lipinski definition) is 3. The first kappa shape index (κ1) is 15.2. The van der Waals surface area contributed by atoms with Crippen molar-refractivity contribution in [2.24, 2.45) is 0 Å². The van der Waals surface area contributed by atoms with Crippen LogP contribution < -0.4 is 10.5 Å². The SMILES string of the molecule is Nc1ccc(NS(=O)(=O)c2ccccc2)c(C(F)(F)F)c1. The zero-order chi connectivity index (χ0) is 15.7. The van der Waals surface area contributed by atoms with Crippen LogP contribution in [0.1, 0.15) is 5.56 Å². The molecule has 112 valence electrons. The highest BCUT2D eigenvalue weighted by Gasteiger charge is 2.34. The lowest BCUT2D eigenvalue weighted by Gasteiger charge is -2.15. The van der Waals surface area contributed by atoms with Gasteiger partial charge in [-0.25, -0.2) is 8.42 Å². The van der Waals surface area contributed by atoms with Gasteiger partial charge < -0.3 is 5.73 Å². The maximum Gasteiger partial charge on any atom is 0.418 e. The smallest absolute Gasteiger partial charge is 0.399 e. The van der Waals surface area contributed by atoms with Gasteiger partial charge in [-0.3, -0.25) is 4.72 Å². The van der Waals surface area contributed by atoms with Crippen molar-refractivity contribution < 1.29 is 21.6 Å². The highest BCUT2D eigenvalue weighted by Crippen LogP contribution is 2.36. The van der Waals surface area contributed by atoms with Gasteiger partial charge in [-0.2, -0.15) is 13.2 Å². The van der Waals surface area contributed by atoms with E-state index in [4.69, 9.17) is 5.73 Å². The number of nitrogen functional groups attached to an aromatic ring is 1. The van der Waals surface area contributed by atoms with E-state index in [9.17, 15) is 21.6 Å². The highest BCUT2D eigenvalue weighted by atomic mass is 32.2. The molecule has 0 amide bonds. The Balaban J connectivity index is 2.45. The van der Waals surface area contributed by atoms with Crippen LogP contribution in [0, 0.1) is 0 Å². The summed E-state index contributed by atoms with van der Waals surface area (Å²) < 4.78 is 64.8. The van der Waals surface area contributed by atoms with Crippen molar-refractivity contribution in [3.63, 3.8) is 0 Å². The zero-order valence-corrected chi connectivity index (χ0v) is 11.4. The molecule has 0 fully saturated rings. The fourth-order valence-corrected chi connectivity index (χ4v) is 2.79. The molecule has 0 bridgehead atoms. The van der Waals surface area contributed by atoms with Crippen molar-refractivity contribution in [1.29, 1.82) is 0 Å². The van der Waals surface area contributed by atoms with Crippen molar-refractivity contribution in [3.8, 4) is 0 Å². The first-order valence-electron chi connectivity index (χ1n) is 5.75. The van der Waals surface area contributed by atoms with E-state index in [1.54, 1.807) is 6.07 Å². The highest BCUT2D eigenvalue weighted by molar-refractivity contribution is 7.92. The number of nitrogens with one attached hydrogen (secondary N) is 1. The van der Waals surface area contributed by atoms with Crippen LogP contribution in [0.5, 0.6) is 0 Å². The standard InChI is InChI=1S/C13H11F3N2O2S/c14-13(15,16)11-8-9(17)6-7-12(11)18-21(19,20)10-4-2-1-3-5-10/h1-8,18H,17H2. The van der Waals surface area contributed by atoms with E-state index in [1.165, 1.54) is 30.3 Å². The fraction of sp³-hybridized carbons (Fsp3) is 0.0769. The average Bonchev–Trinajstić information content (AvgIpc) is 2.40. The van der Waals surface area contributed by atoms with Crippen LogP contribution in [0.15, 0.2) is 53.4 Å². The molecule has 0 atom stereocenters. The van der Waals surface area contributed by atoms with Crippen molar-refractivity contribution in [3.05, 3.63) is 54.1 Å². The number of benzene rings is 2. The van der Waals surface area contributed by atoms with Crippen molar-refractivity contribution in [2.75, 3.05) is 10.5 Å². The lowest BCUT2D eigenvalue weighted by Crippen LogP contribution is -2.17. The number of sulfonamides is 1. The molecule has 21 heavy (non-hydrogen) atoms. The van der Waals surface area contributed by atoms with Gasteiger partial charge >= 0.3 is 6.18 Å². The van der Waals surface area contributed by atoms with E-state index in [-0.39, 0.29) is 10.6 Å². The molecule has 0 heterocycles. The molecule has 0 saturated heterocycles. The Kier molecular flexibility index (Phi) is 3.82. The summed E-state index contributed by atoms with van der Waals surface area (Å²) in [6.45, 7) is 0. The Bertz CT molecular complexity index is 744. The van der Waals surface area contributed by atoms with E-state index < -0.39 is 27.5 Å². The topological polar surface area (TPSA) is 72.2 Å². The molecule has 8 heteroatoms. The Hall–Kier alpha value is -2.22. The lowest BCUT2D eigenvalue weighted by molar-refractivity contribution is -0.136. The normalized spacial score (nSPS) is 12.1. The first-order chi connectivity index (χ1) is 9.70. The van der Waals surface area contributed by atoms with E-state index >= 15 is 0 Å². The zero-order valence-electron chi connectivity index (χ0n) is 10.6. The van der Waals surface area contributed by atoms with Gasteiger partial charge in [-0.1, -0.05) is 18.2 Å². The van der Waals surface area contributed by atoms with Crippen LogP contribution in [0.2, 0.25) is 0 Å². The molecular formula is C13H11F3N2O2S. The quantitative estimate of drug-likeness (QED) is 0.855. The van der Waals surface area contributed by atoms with Gasteiger partial charge in [0.2, 0.25) is 0 Å². The molecule has 3 N–H and O–H groups in total. The predicted molar refractivity (Wildman–Crippen MR) is 73.1 cm³/mol. The Morgan fingerprint density at radius 1 is 1.00 bits per heavy atom. The van der Waals surface area contributed by atoms with Crippen LogP contribution in [0.4, 0.5) is 24.5 Å². The first-order valence-corrected chi connectivity index (χ1v) is 7.23. The minimum Gasteiger partial charge on any atom is -0.399 e. The Morgan fingerprint density at radius 3 is 2.19 bits per heavy atom. The summed E-state index contributed by atoms with van der Waals surface area (Å²) in [5, 5.41) is 0. The van der Waals surface area contributed by atoms with Crippen LogP contribution in [-0.2, 0) is 16.2 Å². The van der Waals surface area contributed by atoms with E-state index in [0.717, 1.165) is 6.07 Å². The average molecular weight is 316 g/mol.